The van der Waals surface area contributed by atoms with Crippen molar-refractivity contribution in [2.45, 2.75) is 24.4 Å². The maximum atomic E-state index is 12.7. The van der Waals surface area contributed by atoms with E-state index in [0.717, 1.165) is 5.56 Å². The van der Waals surface area contributed by atoms with E-state index in [4.69, 9.17) is 46.4 Å². The molecule has 0 radical (unpaired) electrons. The highest BCUT2D eigenvalue weighted by Crippen LogP contribution is 2.31. The fourth-order valence-corrected chi connectivity index (χ4v) is 5.10. The Balaban J connectivity index is 1.62. The minimum atomic E-state index is -0.342. The largest absolute Gasteiger partial charge is 0.345 e. The van der Waals surface area contributed by atoms with Crippen molar-refractivity contribution in [1.29, 1.82) is 0 Å². The molecule has 34 heavy (non-hydrogen) atoms. The van der Waals surface area contributed by atoms with Crippen LogP contribution in [0.25, 0.3) is 5.69 Å². The maximum absolute atomic E-state index is 12.7. The number of aryl methyl sites for hydroxylation is 1. The van der Waals surface area contributed by atoms with Gasteiger partial charge in [0.25, 0.3) is 5.91 Å². The molecule has 0 saturated carbocycles. The smallest absolute Gasteiger partial charge is 0.251 e. The number of carbonyl (C=O) groups is 1. The third kappa shape index (κ3) is 6.06. The molecular weight excluding hydrogens is 534 g/mol. The molecule has 1 heterocycles. The normalized spacial score (nSPS) is 11.0. The van der Waals surface area contributed by atoms with Gasteiger partial charge in [0.1, 0.15) is 0 Å². The summed E-state index contributed by atoms with van der Waals surface area (Å²) in [6.07, 6.45) is 0. The van der Waals surface area contributed by atoms with Crippen molar-refractivity contribution in [3.63, 3.8) is 0 Å². The van der Waals surface area contributed by atoms with Crippen LogP contribution in [0.1, 0.15) is 27.3 Å². The van der Waals surface area contributed by atoms with Gasteiger partial charge in [-0.2, -0.15) is 0 Å². The molecule has 1 N–H and O–H groups in total. The van der Waals surface area contributed by atoms with Gasteiger partial charge in [-0.3, -0.25) is 9.36 Å². The molecule has 0 aliphatic heterocycles. The second kappa shape index (κ2) is 11.0. The van der Waals surface area contributed by atoms with E-state index < -0.39 is 0 Å². The van der Waals surface area contributed by atoms with Crippen molar-refractivity contribution in [2.75, 3.05) is 0 Å². The van der Waals surface area contributed by atoms with Crippen molar-refractivity contribution in [2.24, 2.45) is 0 Å². The number of rotatable bonds is 7. The number of amides is 1. The molecule has 0 spiro atoms. The molecule has 1 aromatic heterocycles. The zero-order valence-electron chi connectivity index (χ0n) is 17.9. The zero-order chi connectivity index (χ0) is 24.2. The minimum absolute atomic E-state index is 0.101. The van der Waals surface area contributed by atoms with Crippen LogP contribution in [0.4, 0.5) is 0 Å². The van der Waals surface area contributed by atoms with Gasteiger partial charge >= 0.3 is 0 Å². The van der Waals surface area contributed by atoms with Crippen LogP contribution >= 0.6 is 58.2 Å². The SMILES string of the molecule is Cc1cccc(CSc2nnc(CNC(=O)c3cc(Cl)cc(Cl)c3)n2-c2cc(Cl)ccc2Cl)c1. The maximum Gasteiger partial charge on any atom is 0.251 e. The number of aromatic nitrogens is 3. The third-order valence-corrected chi connectivity index (χ3v) is 6.82. The summed E-state index contributed by atoms with van der Waals surface area (Å²) in [5.41, 5.74) is 3.31. The Morgan fingerprint density at radius 3 is 2.44 bits per heavy atom. The summed E-state index contributed by atoms with van der Waals surface area (Å²) >= 11 is 26.3. The molecule has 0 fully saturated rings. The standard InChI is InChI=1S/C24H18Cl4N4OS/c1-14-3-2-4-15(7-14)13-34-24-31-30-22(32(24)21-11-17(25)5-6-20(21)28)12-29-23(33)16-8-18(26)10-19(27)9-16/h2-11H,12-13H2,1H3,(H,29,33). The average Bonchev–Trinajstić information content (AvgIpc) is 3.19. The molecule has 4 aromatic rings. The highest BCUT2D eigenvalue weighted by molar-refractivity contribution is 7.98. The van der Waals surface area contributed by atoms with Crippen LogP contribution < -0.4 is 5.32 Å². The molecule has 10 heteroatoms. The summed E-state index contributed by atoms with van der Waals surface area (Å²) < 4.78 is 1.81. The molecule has 0 bridgehead atoms. The summed E-state index contributed by atoms with van der Waals surface area (Å²) in [6.45, 7) is 2.15. The highest BCUT2D eigenvalue weighted by atomic mass is 35.5. The lowest BCUT2D eigenvalue weighted by molar-refractivity contribution is 0.0949. The van der Waals surface area contributed by atoms with Gasteiger partial charge in [0, 0.05) is 26.4 Å². The zero-order valence-corrected chi connectivity index (χ0v) is 21.7. The summed E-state index contributed by atoms with van der Waals surface area (Å²) in [6, 6.07) is 18.1. The van der Waals surface area contributed by atoms with Gasteiger partial charge in [-0.15, -0.1) is 10.2 Å². The fraction of sp³-hybridized carbons (Fsp3) is 0.125. The monoisotopic (exact) mass is 550 g/mol. The van der Waals surface area contributed by atoms with E-state index in [-0.39, 0.29) is 12.5 Å². The number of carbonyl (C=O) groups excluding carboxylic acids is 1. The first-order valence-corrected chi connectivity index (χ1v) is 12.6. The van der Waals surface area contributed by atoms with E-state index in [1.54, 1.807) is 41.0 Å². The first-order chi connectivity index (χ1) is 16.3. The lowest BCUT2D eigenvalue weighted by Gasteiger charge is -2.13. The van der Waals surface area contributed by atoms with Crippen LogP contribution in [-0.2, 0) is 12.3 Å². The van der Waals surface area contributed by atoms with Gasteiger partial charge in [0.2, 0.25) is 0 Å². The Hall–Kier alpha value is -2.22. The van der Waals surface area contributed by atoms with E-state index in [9.17, 15) is 4.79 Å². The van der Waals surface area contributed by atoms with Crippen LogP contribution in [0.2, 0.25) is 20.1 Å². The van der Waals surface area contributed by atoms with Crippen LogP contribution in [0.5, 0.6) is 0 Å². The number of halogens is 4. The highest BCUT2D eigenvalue weighted by Gasteiger charge is 2.19. The second-order valence-corrected chi connectivity index (χ2v) is 10.1. The predicted octanol–water partition coefficient (Wildman–Crippen LogP) is 7.41. The third-order valence-electron chi connectivity index (χ3n) is 4.83. The summed E-state index contributed by atoms with van der Waals surface area (Å²) in [7, 11) is 0. The van der Waals surface area contributed by atoms with Crippen LogP contribution in [-0.4, -0.2) is 20.7 Å². The quantitative estimate of drug-likeness (QED) is 0.243. The summed E-state index contributed by atoms with van der Waals surface area (Å²) in [5.74, 6) is 0.841. The summed E-state index contributed by atoms with van der Waals surface area (Å²) in [4.78, 5) is 12.7. The van der Waals surface area contributed by atoms with E-state index >= 15 is 0 Å². The van der Waals surface area contributed by atoms with Gasteiger partial charge in [0.15, 0.2) is 11.0 Å². The van der Waals surface area contributed by atoms with Crippen LogP contribution in [0.15, 0.2) is 65.8 Å². The molecule has 0 aliphatic carbocycles. The molecule has 0 unspecified atom stereocenters. The first-order valence-electron chi connectivity index (χ1n) is 10.1. The van der Waals surface area contributed by atoms with Crippen LogP contribution in [0, 0.1) is 6.92 Å². The predicted molar refractivity (Wildman–Crippen MR) is 140 cm³/mol. The second-order valence-electron chi connectivity index (χ2n) is 7.45. The lowest BCUT2D eigenvalue weighted by atomic mass is 10.2. The molecular formula is C24H18Cl4N4OS. The summed E-state index contributed by atoms with van der Waals surface area (Å²) in [5, 5.41) is 13.9. The Morgan fingerprint density at radius 2 is 1.71 bits per heavy atom. The molecule has 4 rings (SSSR count). The molecule has 174 valence electrons. The molecule has 0 saturated heterocycles. The molecule has 0 atom stereocenters. The van der Waals surface area contributed by atoms with Crippen molar-refractivity contribution in [1.82, 2.24) is 20.1 Å². The number of nitrogens with zero attached hydrogens (tertiary/aromatic N) is 3. The fourth-order valence-electron chi connectivity index (χ4n) is 3.30. The Morgan fingerprint density at radius 1 is 0.941 bits per heavy atom. The van der Waals surface area contributed by atoms with Gasteiger partial charge in [-0.1, -0.05) is 88.0 Å². The van der Waals surface area contributed by atoms with Crippen molar-refractivity contribution < 1.29 is 4.79 Å². The number of nitrogens with one attached hydrogen (secondary N) is 1. The van der Waals surface area contributed by atoms with E-state index in [1.165, 1.54) is 17.3 Å². The van der Waals surface area contributed by atoms with Gasteiger partial charge in [0.05, 0.1) is 17.3 Å². The number of thioether (sulfide) groups is 1. The number of hydrogen-bond donors (Lipinski definition) is 1. The Labute approximate surface area is 221 Å². The van der Waals surface area contributed by atoms with E-state index in [0.29, 0.717) is 48.1 Å². The molecule has 3 aromatic carbocycles. The molecule has 5 nitrogen and oxygen atoms in total. The van der Waals surface area contributed by atoms with Crippen LogP contribution in [0.3, 0.4) is 0 Å². The molecule has 1 amide bonds. The Bertz CT molecular complexity index is 1340. The van der Waals surface area contributed by atoms with Gasteiger partial charge < -0.3 is 5.32 Å². The number of benzene rings is 3. The first kappa shape index (κ1) is 24.9. The van der Waals surface area contributed by atoms with Gasteiger partial charge in [-0.05, 0) is 48.9 Å². The Kier molecular flexibility index (Phi) is 8.06. The van der Waals surface area contributed by atoms with Crippen molar-refractivity contribution >= 4 is 64.1 Å². The van der Waals surface area contributed by atoms with E-state index in [1.807, 2.05) is 6.07 Å². The topological polar surface area (TPSA) is 59.8 Å². The number of hydrogen-bond acceptors (Lipinski definition) is 4. The van der Waals surface area contributed by atoms with Crippen molar-refractivity contribution in [3.05, 3.63) is 103 Å². The van der Waals surface area contributed by atoms with Crippen molar-refractivity contribution in [3.8, 4) is 5.69 Å². The minimum Gasteiger partial charge on any atom is -0.345 e. The van der Waals surface area contributed by atoms with E-state index in [2.05, 4.69) is 40.6 Å². The van der Waals surface area contributed by atoms with Gasteiger partial charge in [-0.25, -0.2) is 0 Å². The molecule has 0 aliphatic rings. The average molecular weight is 552 g/mol. The lowest BCUT2D eigenvalue weighted by Crippen LogP contribution is -2.24.